The monoisotopic (exact) mass is 255 g/mol. The molecule has 1 unspecified atom stereocenters. The van der Waals surface area contributed by atoms with Crippen molar-refractivity contribution in [3.8, 4) is 0 Å². The first-order valence-corrected chi connectivity index (χ1v) is 6.99. The van der Waals surface area contributed by atoms with Crippen molar-refractivity contribution in [2.45, 2.75) is 18.4 Å². The van der Waals surface area contributed by atoms with E-state index in [1.165, 1.54) is 24.0 Å². The maximum Gasteiger partial charge on any atom is 0.0744 e. The minimum Gasteiger partial charge on any atom is -0.273 e. The van der Waals surface area contributed by atoms with Crippen molar-refractivity contribution in [1.82, 2.24) is 4.67 Å². The van der Waals surface area contributed by atoms with Crippen LogP contribution in [0.2, 0.25) is 0 Å². The highest BCUT2D eigenvalue weighted by atomic mass is 31.0. The van der Waals surface area contributed by atoms with E-state index < -0.39 is 0 Å². The van der Waals surface area contributed by atoms with Gasteiger partial charge in [0.1, 0.15) is 0 Å². The second-order valence-corrected chi connectivity index (χ2v) is 5.51. The number of hydrogen-bond acceptors (Lipinski definition) is 1. The van der Waals surface area contributed by atoms with Gasteiger partial charge >= 0.3 is 0 Å². The van der Waals surface area contributed by atoms with Crippen molar-refractivity contribution in [1.29, 1.82) is 0 Å². The molecule has 1 nitrogen and oxygen atoms in total. The smallest absolute Gasteiger partial charge is 0.0744 e. The van der Waals surface area contributed by atoms with Crippen molar-refractivity contribution < 1.29 is 0 Å². The SMILES string of the molecule is PN1CCCC1(c1ccccc1)c1ccccc1. The fourth-order valence-corrected chi connectivity index (χ4v) is 3.66. The first-order valence-electron chi connectivity index (χ1n) is 6.47. The van der Waals surface area contributed by atoms with Gasteiger partial charge in [0, 0.05) is 6.54 Å². The fourth-order valence-electron chi connectivity index (χ4n) is 3.05. The van der Waals surface area contributed by atoms with Crippen LogP contribution in [0.1, 0.15) is 24.0 Å². The summed E-state index contributed by atoms with van der Waals surface area (Å²) in [6.07, 6.45) is 2.43. The highest BCUT2D eigenvalue weighted by Crippen LogP contribution is 2.46. The number of benzene rings is 2. The number of nitrogens with zero attached hydrogens (tertiary/aromatic N) is 1. The zero-order valence-corrected chi connectivity index (χ0v) is 11.6. The quantitative estimate of drug-likeness (QED) is 0.737. The minimum atomic E-state index is 0.0349. The maximum absolute atomic E-state index is 2.92. The Kier molecular flexibility index (Phi) is 3.20. The third-order valence-corrected chi connectivity index (χ3v) is 4.63. The third kappa shape index (κ3) is 1.79. The molecule has 1 saturated heterocycles. The lowest BCUT2D eigenvalue weighted by molar-refractivity contribution is 0.326. The van der Waals surface area contributed by atoms with Crippen LogP contribution in [-0.4, -0.2) is 11.2 Å². The molecule has 1 atom stereocenters. The zero-order chi connectivity index (χ0) is 12.4. The Hall–Kier alpha value is -1.17. The van der Waals surface area contributed by atoms with Gasteiger partial charge in [-0.1, -0.05) is 70.1 Å². The average molecular weight is 255 g/mol. The summed E-state index contributed by atoms with van der Waals surface area (Å²) in [5.41, 5.74) is 2.82. The van der Waals surface area contributed by atoms with E-state index in [-0.39, 0.29) is 5.54 Å². The highest BCUT2D eigenvalue weighted by molar-refractivity contribution is 7.13. The van der Waals surface area contributed by atoms with Crippen LogP contribution in [-0.2, 0) is 5.54 Å². The van der Waals surface area contributed by atoms with Crippen LogP contribution in [0.5, 0.6) is 0 Å². The van der Waals surface area contributed by atoms with Crippen molar-refractivity contribution in [2.75, 3.05) is 6.54 Å². The van der Waals surface area contributed by atoms with Crippen LogP contribution in [0, 0.1) is 0 Å². The van der Waals surface area contributed by atoms with Crippen LogP contribution in [0.4, 0.5) is 0 Å². The van der Waals surface area contributed by atoms with Gasteiger partial charge in [-0.25, -0.2) is 0 Å². The van der Waals surface area contributed by atoms with E-state index >= 15 is 0 Å². The lowest BCUT2D eigenvalue weighted by atomic mass is 9.82. The molecular weight excluding hydrogens is 237 g/mol. The molecule has 0 N–H and O–H groups in total. The molecule has 0 aliphatic carbocycles. The second kappa shape index (κ2) is 4.84. The normalized spacial score (nSPS) is 18.9. The Morgan fingerprint density at radius 3 is 1.72 bits per heavy atom. The van der Waals surface area contributed by atoms with Crippen molar-refractivity contribution >= 4 is 9.39 Å². The van der Waals surface area contributed by atoms with Crippen molar-refractivity contribution in [2.24, 2.45) is 0 Å². The molecule has 0 saturated carbocycles. The highest BCUT2D eigenvalue weighted by Gasteiger charge is 2.41. The number of rotatable bonds is 2. The van der Waals surface area contributed by atoms with E-state index in [1.807, 2.05) is 0 Å². The van der Waals surface area contributed by atoms with E-state index in [1.54, 1.807) is 0 Å². The largest absolute Gasteiger partial charge is 0.273 e. The molecule has 2 heteroatoms. The molecule has 2 aromatic carbocycles. The van der Waals surface area contributed by atoms with E-state index in [4.69, 9.17) is 0 Å². The molecule has 0 bridgehead atoms. The van der Waals surface area contributed by atoms with Gasteiger partial charge in [-0.05, 0) is 24.0 Å². The molecule has 0 aromatic heterocycles. The lowest BCUT2D eigenvalue weighted by Crippen LogP contribution is -2.35. The first-order chi connectivity index (χ1) is 8.84. The maximum atomic E-state index is 2.92. The zero-order valence-electron chi connectivity index (χ0n) is 10.4. The molecule has 2 aromatic rings. The van der Waals surface area contributed by atoms with Gasteiger partial charge in [0.05, 0.1) is 5.54 Å². The lowest BCUT2D eigenvalue weighted by Gasteiger charge is -2.37. The average Bonchev–Trinajstić information content (AvgIpc) is 2.84. The summed E-state index contributed by atoms with van der Waals surface area (Å²) in [4.78, 5) is 0. The number of hydrogen-bond donors (Lipinski definition) is 0. The Morgan fingerprint density at radius 1 is 0.833 bits per heavy atom. The van der Waals surface area contributed by atoms with Gasteiger partial charge in [-0.2, -0.15) is 0 Å². The summed E-state index contributed by atoms with van der Waals surface area (Å²) in [6, 6.07) is 21.7. The van der Waals surface area contributed by atoms with Crippen molar-refractivity contribution in [3.05, 3.63) is 71.8 Å². The van der Waals surface area contributed by atoms with Crippen LogP contribution >= 0.6 is 9.39 Å². The predicted molar refractivity (Wildman–Crippen MR) is 79.3 cm³/mol. The Morgan fingerprint density at radius 2 is 1.33 bits per heavy atom. The standard InChI is InChI=1S/C16H18NP/c18-17-13-7-12-16(17,14-8-3-1-4-9-14)15-10-5-2-6-11-15/h1-6,8-11H,7,12-13,18H2. The molecule has 3 rings (SSSR count). The molecule has 0 amide bonds. The molecule has 1 aliphatic rings. The fraction of sp³-hybridized carbons (Fsp3) is 0.250. The van der Waals surface area contributed by atoms with Crippen LogP contribution in [0.3, 0.4) is 0 Å². The Balaban J connectivity index is 2.17. The molecular formula is C16H18NP. The summed E-state index contributed by atoms with van der Waals surface area (Å²) >= 11 is 0. The van der Waals surface area contributed by atoms with E-state index in [9.17, 15) is 0 Å². The van der Waals surface area contributed by atoms with Crippen LogP contribution < -0.4 is 0 Å². The van der Waals surface area contributed by atoms with Gasteiger partial charge in [-0.15, -0.1) is 0 Å². The third-order valence-electron chi connectivity index (χ3n) is 3.93. The van der Waals surface area contributed by atoms with E-state index in [2.05, 4.69) is 74.7 Å². The van der Waals surface area contributed by atoms with Crippen molar-refractivity contribution in [3.63, 3.8) is 0 Å². The van der Waals surface area contributed by atoms with Gasteiger partial charge < -0.3 is 0 Å². The molecule has 0 radical (unpaired) electrons. The van der Waals surface area contributed by atoms with Gasteiger partial charge in [-0.3, -0.25) is 4.67 Å². The summed E-state index contributed by atoms with van der Waals surface area (Å²) in [7, 11) is 2.92. The Bertz CT molecular complexity index is 470. The second-order valence-electron chi connectivity index (χ2n) is 4.89. The first kappa shape index (κ1) is 11.9. The van der Waals surface area contributed by atoms with Crippen LogP contribution in [0.25, 0.3) is 0 Å². The van der Waals surface area contributed by atoms with E-state index in [0.717, 1.165) is 6.54 Å². The van der Waals surface area contributed by atoms with Gasteiger partial charge in [0.15, 0.2) is 0 Å². The molecule has 18 heavy (non-hydrogen) atoms. The summed E-state index contributed by atoms with van der Waals surface area (Å²) in [5.74, 6) is 0. The van der Waals surface area contributed by atoms with E-state index in [0.29, 0.717) is 0 Å². The topological polar surface area (TPSA) is 3.24 Å². The Labute approximate surface area is 111 Å². The van der Waals surface area contributed by atoms with Gasteiger partial charge in [0.2, 0.25) is 0 Å². The molecule has 0 spiro atoms. The summed E-state index contributed by atoms with van der Waals surface area (Å²) < 4.78 is 2.41. The molecule has 1 heterocycles. The summed E-state index contributed by atoms with van der Waals surface area (Å²) in [6.45, 7) is 1.13. The predicted octanol–water partition coefficient (Wildman–Crippen LogP) is 3.82. The van der Waals surface area contributed by atoms with Gasteiger partial charge in [0.25, 0.3) is 0 Å². The molecule has 92 valence electrons. The molecule has 1 aliphatic heterocycles. The van der Waals surface area contributed by atoms with Crippen LogP contribution in [0.15, 0.2) is 60.7 Å². The minimum absolute atomic E-state index is 0.0349. The molecule has 1 fully saturated rings. The summed E-state index contributed by atoms with van der Waals surface area (Å²) in [5, 5.41) is 0.